The molecule has 26 unspecified atom stereocenters. The molecule has 14 nitrogen and oxygen atoms in total. The van der Waals surface area contributed by atoms with Crippen molar-refractivity contribution < 1.29 is 66.7 Å². The number of fused-ring (bicyclic) bond motifs is 29. The maximum atomic E-state index is 12.2. The highest BCUT2D eigenvalue weighted by atomic mass is 16.6. The van der Waals surface area contributed by atoms with Crippen molar-refractivity contribution in [2.45, 2.75) is 450 Å². The molecule has 0 amide bonds. The summed E-state index contributed by atoms with van der Waals surface area (Å²) in [5.74, 6) is 18.6. The summed E-state index contributed by atoms with van der Waals surface area (Å²) in [7, 11) is 0. The molecule has 0 N–H and O–H groups in total. The van der Waals surface area contributed by atoms with E-state index >= 15 is 0 Å². The van der Waals surface area contributed by atoms with E-state index in [4.69, 9.17) is 28.4 Å². The Bertz CT molecular complexity index is 2610. The van der Waals surface area contributed by atoms with Gasteiger partial charge in [-0.3, -0.25) is 33.6 Å². The number of rotatable bonds is 0. The first-order chi connectivity index (χ1) is 58.4. The van der Waals surface area contributed by atoms with E-state index in [9.17, 15) is 33.6 Å². The standard InChI is InChI=1S/C15H20O2.C14H18O2.C10H14O2.C10H18O2.C9H12O2.C8H10O2.C4H6O2.18C2H6/c16-14-15(3-4-17-14)7-10-6-11(15)13-9-2-1-8(5-9)12(10)13;15-14-13-9-4-8(10(13)5-16-14)11-6-1-2-7(3-6)12(9)11;11-10-8-2-6-1-7(3-8)5-9(4-6)12-10;1-9(2,3)10(4)6-5-7-12-8(10)11;10-9-8-6-2-1-5(3-6)7(8)4-11-9;9-8-6-2-4-1-5(6)7(3-4)10-8;5-4-2-1-3-6-4;18*1-2/h8-13H,1-7H2;6-13H,1-5H2;6-9H,1-5H2;5-7H2,1-4H3;5-8H,1-4H2;4-7H,1-3H2;1-3H2;18*1-2H3. The smallest absolute Gasteiger partial charge is 0.312 e. The average molecular weight is 1700 g/mol. The number of esters is 7. The molecule has 8 heterocycles. The predicted octanol–water partition coefficient (Wildman–Crippen LogP) is 29.8. The summed E-state index contributed by atoms with van der Waals surface area (Å²) in [6.45, 7) is 83.7. The molecule has 714 valence electrons. The first kappa shape index (κ1) is 123. The zero-order chi connectivity index (χ0) is 93.7. The van der Waals surface area contributed by atoms with Gasteiger partial charge >= 0.3 is 41.8 Å². The van der Waals surface area contributed by atoms with Gasteiger partial charge in [-0.05, 0) is 267 Å². The van der Waals surface area contributed by atoms with Crippen molar-refractivity contribution in [2.75, 3.05) is 33.0 Å². The minimum absolute atomic E-state index is 0.00366. The van der Waals surface area contributed by atoms with Crippen LogP contribution < -0.4 is 0 Å². The highest BCUT2D eigenvalue weighted by molar-refractivity contribution is 5.80. The molecular formula is C106H206O14. The SMILES string of the molecule is CC.CC.CC.CC.CC.CC.CC.CC.CC.CC.CC.CC.CC.CC.CC.CC.CC.CC.CC(C)(C)C1(C)CCCOC1=O.O=C1CCCO1.O=C1OC2CC3CC(C2)CC1C3.O=C1OC2CC3CC1C2C3.O=C1OCC2C3CC(C12)C1C2CCC(C2)C31.O=C1OCC2C3CCC(C3)C12.O=C1OCCC12CC1CC2C2C3CCC(C3)C12. The van der Waals surface area contributed by atoms with Crippen molar-refractivity contribution >= 4 is 41.8 Å². The zero-order valence-electron chi connectivity index (χ0n) is 86.9. The summed E-state index contributed by atoms with van der Waals surface area (Å²) in [5, 5.41) is 0. The van der Waals surface area contributed by atoms with Gasteiger partial charge in [-0.25, -0.2) is 0 Å². The molecule has 16 bridgehead atoms. The average Bonchev–Trinajstić information content (AvgIpc) is 1.52. The Hall–Kier alpha value is -3.71. The van der Waals surface area contributed by atoms with Gasteiger partial charge in [0.1, 0.15) is 12.2 Å². The van der Waals surface area contributed by atoms with E-state index in [0.717, 1.165) is 166 Å². The number of hydrogen-bond acceptors (Lipinski definition) is 14. The third-order valence-corrected chi connectivity index (χ3v) is 28.6. The summed E-state index contributed by atoms with van der Waals surface area (Å²) in [4.78, 5) is 79.3. The van der Waals surface area contributed by atoms with Gasteiger partial charge in [0.15, 0.2) is 0 Å². The van der Waals surface area contributed by atoms with Crippen molar-refractivity contribution in [3.63, 3.8) is 0 Å². The van der Waals surface area contributed by atoms with Gasteiger partial charge in [-0.2, -0.15) is 0 Å². The Morgan fingerprint density at radius 2 is 0.758 bits per heavy atom. The fourth-order valence-electron chi connectivity index (χ4n) is 25.0. The van der Waals surface area contributed by atoms with Crippen LogP contribution in [0.15, 0.2) is 0 Å². The summed E-state index contributed by atoms with van der Waals surface area (Å²) >= 11 is 0. The highest BCUT2D eigenvalue weighted by Crippen LogP contribution is 2.74. The van der Waals surface area contributed by atoms with Crippen LogP contribution in [0.5, 0.6) is 0 Å². The fraction of sp³-hybridized carbons (Fsp3) is 0.934. The van der Waals surface area contributed by atoms with Crippen LogP contribution in [0.4, 0.5) is 0 Å². The molecule has 0 radical (unpaired) electrons. The molecule has 14 saturated carbocycles. The van der Waals surface area contributed by atoms with E-state index in [2.05, 4.69) is 25.5 Å². The Morgan fingerprint density at radius 1 is 0.317 bits per heavy atom. The lowest BCUT2D eigenvalue weighted by molar-refractivity contribution is -0.169. The molecule has 1 spiro atoms. The van der Waals surface area contributed by atoms with Crippen molar-refractivity contribution in [3.8, 4) is 0 Å². The molecular weight excluding hydrogens is 1500 g/mol. The normalized spacial score (nSPS) is 37.1. The third kappa shape index (κ3) is 29.4. The lowest BCUT2D eigenvalue weighted by Crippen LogP contribution is -2.44. The second kappa shape index (κ2) is 66.7. The van der Waals surface area contributed by atoms with E-state index in [1.165, 1.54) is 89.9 Å². The Balaban J connectivity index is -0.000000621. The van der Waals surface area contributed by atoms with Crippen LogP contribution in [-0.2, 0) is 66.7 Å². The van der Waals surface area contributed by atoms with Crippen LogP contribution in [0.3, 0.4) is 0 Å². The van der Waals surface area contributed by atoms with E-state index in [-0.39, 0.29) is 70.1 Å². The summed E-state index contributed by atoms with van der Waals surface area (Å²) in [6, 6.07) is 0. The Labute approximate surface area is 745 Å². The van der Waals surface area contributed by atoms with E-state index in [1.54, 1.807) is 0 Å². The second-order valence-corrected chi connectivity index (χ2v) is 33.0. The second-order valence-electron chi connectivity index (χ2n) is 33.0. The van der Waals surface area contributed by atoms with E-state index in [0.29, 0.717) is 79.7 Å². The lowest BCUT2D eigenvalue weighted by Gasteiger charge is -2.42. The van der Waals surface area contributed by atoms with Crippen molar-refractivity contribution in [1.82, 2.24) is 0 Å². The van der Waals surface area contributed by atoms with Crippen molar-refractivity contribution in [2.24, 2.45) is 158 Å². The minimum atomic E-state index is -0.286. The largest absolute Gasteiger partial charge is 0.466 e. The maximum absolute atomic E-state index is 12.2. The van der Waals surface area contributed by atoms with Crippen LogP contribution in [0.1, 0.15) is 437 Å². The van der Waals surface area contributed by atoms with Crippen LogP contribution in [0, 0.1) is 158 Å². The molecule has 8 saturated heterocycles. The first-order valence-electron chi connectivity index (χ1n) is 52.7. The molecule has 26 atom stereocenters. The Kier molecular flexibility index (Phi) is 68.1. The van der Waals surface area contributed by atoms with Gasteiger partial charge in [0.25, 0.3) is 0 Å². The molecule has 0 aromatic heterocycles. The maximum Gasteiger partial charge on any atom is 0.312 e. The van der Waals surface area contributed by atoms with Gasteiger partial charge in [0.2, 0.25) is 0 Å². The monoisotopic (exact) mass is 1700 g/mol. The predicted molar refractivity (Wildman–Crippen MR) is 508 cm³/mol. The lowest BCUT2D eigenvalue weighted by atomic mass is 9.60. The van der Waals surface area contributed by atoms with E-state index in [1.807, 2.05) is 256 Å². The topological polar surface area (TPSA) is 184 Å². The van der Waals surface area contributed by atoms with Gasteiger partial charge in [0, 0.05) is 24.2 Å². The molecule has 14 aliphatic carbocycles. The molecule has 22 rings (SSSR count). The van der Waals surface area contributed by atoms with Gasteiger partial charge < -0.3 is 33.2 Å². The molecule has 0 aromatic rings. The fourth-order valence-corrected chi connectivity index (χ4v) is 25.0. The van der Waals surface area contributed by atoms with Crippen LogP contribution in [0.25, 0.3) is 0 Å². The Morgan fingerprint density at radius 3 is 1.18 bits per heavy atom. The quantitative estimate of drug-likeness (QED) is 0.127. The number of carbonyl (C=O) groups is 7. The number of hydrogen-bond donors (Lipinski definition) is 0. The molecule has 0 aromatic carbocycles. The van der Waals surface area contributed by atoms with Crippen LogP contribution in [-0.4, -0.2) is 87.0 Å². The van der Waals surface area contributed by atoms with Gasteiger partial charge in [-0.1, -0.05) is 270 Å². The van der Waals surface area contributed by atoms with Gasteiger partial charge in [0.05, 0.1) is 67.5 Å². The molecule has 8 aliphatic heterocycles. The third-order valence-electron chi connectivity index (χ3n) is 28.6. The molecule has 120 heavy (non-hydrogen) atoms. The van der Waals surface area contributed by atoms with E-state index < -0.39 is 0 Å². The van der Waals surface area contributed by atoms with Crippen molar-refractivity contribution in [1.29, 1.82) is 0 Å². The van der Waals surface area contributed by atoms with Crippen LogP contribution in [0.2, 0.25) is 0 Å². The number of ether oxygens (including phenoxy) is 7. The summed E-state index contributed by atoms with van der Waals surface area (Å²) in [5.41, 5.74) is -0.286. The minimum Gasteiger partial charge on any atom is -0.466 e. The van der Waals surface area contributed by atoms with Crippen LogP contribution >= 0.6 is 0 Å². The van der Waals surface area contributed by atoms with Gasteiger partial charge in [-0.15, -0.1) is 0 Å². The first-order valence-corrected chi connectivity index (χ1v) is 52.7. The van der Waals surface area contributed by atoms with Crippen molar-refractivity contribution in [3.05, 3.63) is 0 Å². The zero-order valence-corrected chi connectivity index (χ0v) is 86.9. The molecule has 22 aliphatic rings. The molecule has 14 heteroatoms. The number of carbonyl (C=O) groups excluding carboxylic acids is 7. The molecule has 22 fully saturated rings. The summed E-state index contributed by atoms with van der Waals surface area (Å²) in [6.07, 6.45) is 31.3. The summed E-state index contributed by atoms with van der Waals surface area (Å²) < 4.78 is 35.9. The highest BCUT2D eigenvalue weighted by Gasteiger charge is 2.71. The number of cyclic esters (lactones) is 5.